The molecular weight excluding hydrogens is 206 g/mol. The molecule has 0 saturated carbocycles. The molecule has 0 aliphatic heterocycles. The van der Waals surface area contributed by atoms with Crippen LogP contribution in [0.5, 0.6) is 5.75 Å². The minimum Gasteiger partial charge on any atom is -0.494 e. The average molecular weight is 217 g/mol. The number of carbonyl (C=O) groups is 1. The fourth-order valence-corrected chi connectivity index (χ4v) is 1.42. The van der Waals surface area contributed by atoms with Gasteiger partial charge in [0.1, 0.15) is 5.75 Å². The second-order valence-electron chi connectivity index (χ2n) is 3.25. The molecule has 0 N–H and O–H groups in total. The van der Waals surface area contributed by atoms with Crippen molar-refractivity contribution in [2.45, 2.75) is 0 Å². The fourth-order valence-electron chi connectivity index (χ4n) is 1.42. The first-order valence-corrected chi connectivity index (χ1v) is 4.75. The molecule has 0 radical (unpaired) electrons. The van der Waals surface area contributed by atoms with Crippen molar-refractivity contribution in [3.05, 3.63) is 42.2 Å². The molecular formula is C11H11N3O2. The Hall–Kier alpha value is -2.17. The van der Waals surface area contributed by atoms with Crippen LogP contribution in [0.2, 0.25) is 0 Å². The molecule has 2 rings (SSSR count). The van der Waals surface area contributed by atoms with Crippen LogP contribution in [0.25, 0.3) is 0 Å². The van der Waals surface area contributed by atoms with E-state index in [1.165, 1.54) is 7.11 Å². The number of methoxy groups -OCH3 is 1. The molecule has 0 fully saturated rings. The molecule has 82 valence electrons. The zero-order valence-electron chi connectivity index (χ0n) is 9.04. The monoisotopic (exact) mass is 217 g/mol. The van der Waals surface area contributed by atoms with Crippen LogP contribution in [-0.4, -0.2) is 27.4 Å². The van der Waals surface area contributed by atoms with Gasteiger partial charge in [-0.15, -0.1) is 0 Å². The minimum atomic E-state index is -0.245. The Balaban J connectivity index is 2.46. The highest BCUT2D eigenvalue weighted by atomic mass is 16.5. The van der Waals surface area contributed by atoms with Crippen molar-refractivity contribution >= 4 is 5.78 Å². The zero-order chi connectivity index (χ0) is 11.5. The Labute approximate surface area is 92.7 Å². The van der Waals surface area contributed by atoms with Gasteiger partial charge in [-0.05, 0) is 12.1 Å². The molecule has 5 nitrogen and oxygen atoms in total. The van der Waals surface area contributed by atoms with Crippen LogP contribution in [0.3, 0.4) is 0 Å². The van der Waals surface area contributed by atoms with Gasteiger partial charge in [0.15, 0.2) is 11.5 Å². The quantitative estimate of drug-likeness (QED) is 0.721. The van der Waals surface area contributed by atoms with Crippen LogP contribution < -0.4 is 4.74 Å². The van der Waals surface area contributed by atoms with E-state index in [4.69, 9.17) is 4.74 Å². The number of pyridine rings is 1. The summed E-state index contributed by atoms with van der Waals surface area (Å²) in [5, 5.41) is 0. The molecule has 2 aromatic heterocycles. The van der Waals surface area contributed by atoms with Gasteiger partial charge in [-0.3, -0.25) is 4.79 Å². The lowest BCUT2D eigenvalue weighted by molar-refractivity contribution is 0.101. The van der Waals surface area contributed by atoms with Gasteiger partial charge < -0.3 is 9.30 Å². The van der Waals surface area contributed by atoms with Crippen LogP contribution in [0, 0.1) is 0 Å². The average Bonchev–Trinajstić information content (AvgIpc) is 2.74. The molecule has 0 spiro atoms. The van der Waals surface area contributed by atoms with Crippen molar-refractivity contribution in [2.75, 3.05) is 7.11 Å². The highest BCUT2D eigenvalue weighted by Gasteiger charge is 2.18. The topological polar surface area (TPSA) is 57.0 Å². The molecule has 0 saturated heterocycles. The highest BCUT2D eigenvalue weighted by Crippen LogP contribution is 2.17. The lowest BCUT2D eigenvalue weighted by Gasteiger charge is -2.05. The molecule has 5 heteroatoms. The third kappa shape index (κ3) is 1.67. The van der Waals surface area contributed by atoms with Crippen molar-refractivity contribution in [1.82, 2.24) is 14.5 Å². The molecule has 2 aromatic rings. The van der Waals surface area contributed by atoms with Crippen molar-refractivity contribution in [3.8, 4) is 5.75 Å². The smallest absolute Gasteiger partial charge is 0.250 e. The Bertz CT molecular complexity index is 519. The van der Waals surface area contributed by atoms with Crippen molar-refractivity contribution in [3.63, 3.8) is 0 Å². The van der Waals surface area contributed by atoms with Gasteiger partial charge in [0.2, 0.25) is 0 Å². The summed E-state index contributed by atoms with van der Waals surface area (Å²) in [7, 11) is 3.27. The Kier molecular flexibility index (Phi) is 2.68. The van der Waals surface area contributed by atoms with Gasteiger partial charge in [0.25, 0.3) is 5.78 Å². The number of rotatable bonds is 3. The maximum absolute atomic E-state index is 12.1. The fraction of sp³-hybridized carbons (Fsp3) is 0.182. The number of hydrogen-bond donors (Lipinski definition) is 0. The number of ketones is 1. The van der Waals surface area contributed by atoms with Gasteiger partial charge in [-0.25, -0.2) is 9.97 Å². The molecule has 0 atom stereocenters. The van der Waals surface area contributed by atoms with Gasteiger partial charge >= 0.3 is 0 Å². The number of aromatic nitrogens is 3. The number of hydrogen-bond acceptors (Lipinski definition) is 4. The number of imidazole rings is 1. The molecule has 0 amide bonds. The van der Waals surface area contributed by atoms with Crippen molar-refractivity contribution < 1.29 is 9.53 Å². The van der Waals surface area contributed by atoms with E-state index >= 15 is 0 Å². The predicted molar refractivity (Wildman–Crippen MR) is 57.4 cm³/mol. The van der Waals surface area contributed by atoms with Crippen LogP contribution in [0.4, 0.5) is 0 Å². The van der Waals surface area contributed by atoms with E-state index in [1.54, 1.807) is 42.3 Å². The van der Waals surface area contributed by atoms with E-state index in [2.05, 4.69) is 9.97 Å². The van der Waals surface area contributed by atoms with Crippen molar-refractivity contribution in [2.24, 2.45) is 7.05 Å². The van der Waals surface area contributed by atoms with E-state index < -0.39 is 0 Å². The normalized spacial score (nSPS) is 10.1. The van der Waals surface area contributed by atoms with Gasteiger partial charge in [-0.1, -0.05) is 0 Å². The van der Waals surface area contributed by atoms with E-state index in [0.717, 1.165) is 0 Å². The summed E-state index contributed by atoms with van der Waals surface area (Å²) in [5.74, 6) is 0.553. The van der Waals surface area contributed by atoms with E-state index in [-0.39, 0.29) is 11.5 Å². The van der Waals surface area contributed by atoms with Crippen LogP contribution >= 0.6 is 0 Å². The molecule has 0 unspecified atom stereocenters. The van der Waals surface area contributed by atoms with Crippen molar-refractivity contribution in [1.29, 1.82) is 0 Å². The van der Waals surface area contributed by atoms with Gasteiger partial charge in [0.05, 0.1) is 7.11 Å². The van der Waals surface area contributed by atoms with E-state index in [9.17, 15) is 4.79 Å². The standard InChI is InChI=1S/C11H11N3O2/c1-14-7-6-13-11(14)10(15)9-8(16-2)4-3-5-12-9/h3-7H,1-2H3. The van der Waals surface area contributed by atoms with Gasteiger partial charge in [-0.2, -0.15) is 0 Å². The molecule has 0 aliphatic carbocycles. The summed E-state index contributed by atoms with van der Waals surface area (Å²) in [6.45, 7) is 0. The summed E-state index contributed by atoms with van der Waals surface area (Å²) in [4.78, 5) is 20.1. The van der Waals surface area contributed by atoms with Gasteiger partial charge in [0, 0.05) is 25.6 Å². The number of aryl methyl sites for hydroxylation is 1. The first kappa shape index (κ1) is 10.4. The summed E-state index contributed by atoms with van der Waals surface area (Å²) < 4.78 is 6.73. The lowest BCUT2D eigenvalue weighted by Crippen LogP contribution is -2.11. The number of ether oxygens (including phenoxy) is 1. The lowest BCUT2D eigenvalue weighted by atomic mass is 10.2. The minimum absolute atomic E-state index is 0.245. The van der Waals surface area contributed by atoms with Crippen LogP contribution in [-0.2, 0) is 7.05 Å². The first-order valence-electron chi connectivity index (χ1n) is 4.75. The van der Waals surface area contributed by atoms with E-state index in [0.29, 0.717) is 11.6 Å². The van der Waals surface area contributed by atoms with Crippen LogP contribution in [0.15, 0.2) is 30.7 Å². The summed E-state index contributed by atoms with van der Waals surface area (Å²) in [6, 6.07) is 3.41. The summed E-state index contributed by atoms with van der Waals surface area (Å²) >= 11 is 0. The molecule has 16 heavy (non-hydrogen) atoms. The predicted octanol–water partition coefficient (Wildman–Crippen LogP) is 1.05. The Morgan fingerprint density at radius 2 is 2.19 bits per heavy atom. The Morgan fingerprint density at radius 1 is 1.38 bits per heavy atom. The third-order valence-electron chi connectivity index (χ3n) is 2.23. The Morgan fingerprint density at radius 3 is 2.81 bits per heavy atom. The maximum Gasteiger partial charge on any atom is 0.250 e. The maximum atomic E-state index is 12.1. The number of nitrogens with zero attached hydrogens (tertiary/aromatic N) is 3. The van der Waals surface area contributed by atoms with Crippen LogP contribution in [0.1, 0.15) is 16.3 Å². The summed E-state index contributed by atoms with van der Waals surface area (Å²) in [6.07, 6.45) is 4.84. The van der Waals surface area contributed by atoms with E-state index in [1.807, 2.05) is 0 Å². The highest BCUT2D eigenvalue weighted by molar-refractivity contribution is 6.07. The SMILES string of the molecule is COc1cccnc1C(=O)c1nccn1C. The molecule has 0 aliphatic rings. The largest absolute Gasteiger partial charge is 0.494 e. The third-order valence-corrected chi connectivity index (χ3v) is 2.23. The second kappa shape index (κ2) is 4.14. The molecule has 2 heterocycles. The second-order valence-corrected chi connectivity index (χ2v) is 3.25. The number of carbonyl (C=O) groups excluding carboxylic acids is 1. The zero-order valence-corrected chi connectivity index (χ0v) is 9.04. The summed E-state index contributed by atoms with van der Waals surface area (Å²) in [5.41, 5.74) is 0.277. The molecule has 0 aromatic carbocycles. The molecule has 0 bridgehead atoms. The first-order chi connectivity index (χ1) is 7.74.